The molecule has 0 aliphatic carbocycles. The number of ether oxygens (including phenoxy) is 1. The van der Waals surface area contributed by atoms with E-state index in [9.17, 15) is 4.79 Å². The fourth-order valence-corrected chi connectivity index (χ4v) is 2.14. The summed E-state index contributed by atoms with van der Waals surface area (Å²) < 4.78 is 5.44. The molecular formula is C19H35NO2. The van der Waals surface area contributed by atoms with Crippen LogP contribution in [0.5, 0.6) is 0 Å². The van der Waals surface area contributed by atoms with Crippen LogP contribution < -0.4 is 0 Å². The van der Waals surface area contributed by atoms with Crippen molar-refractivity contribution in [3.63, 3.8) is 0 Å². The first-order chi connectivity index (χ1) is 10.3. The molecule has 0 saturated heterocycles. The third-order valence-corrected chi connectivity index (χ3v) is 3.30. The van der Waals surface area contributed by atoms with Crippen molar-refractivity contribution in [3.05, 3.63) is 23.8 Å². The maximum absolute atomic E-state index is 12.2. The molecule has 0 amide bonds. The molecule has 0 fully saturated rings. The van der Waals surface area contributed by atoms with Crippen LogP contribution >= 0.6 is 0 Å². The van der Waals surface area contributed by atoms with Crippen molar-refractivity contribution in [1.82, 2.24) is 4.90 Å². The molecule has 0 unspecified atom stereocenters. The lowest BCUT2D eigenvalue weighted by atomic mass is 9.95. The minimum Gasteiger partial charge on any atom is -0.461 e. The van der Waals surface area contributed by atoms with Crippen molar-refractivity contribution in [2.24, 2.45) is 5.41 Å². The summed E-state index contributed by atoms with van der Waals surface area (Å²) in [5, 5.41) is 0. The molecule has 3 nitrogen and oxygen atoms in total. The molecule has 0 spiro atoms. The third kappa shape index (κ3) is 10.6. The number of carbonyl (C=O) groups excluding carboxylic acids is 1. The van der Waals surface area contributed by atoms with Crippen LogP contribution in [-0.2, 0) is 9.53 Å². The number of hydrogen-bond acceptors (Lipinski definition) is 3. The van der Waals surface area contributed by atoms with E-state index in [0.717, 1.165) is 38.0 Å². The van der Waals surface area contributed by atoms with E-state index >= 15 is 0 Å². The maximum Gasteiger partial charge on any atom is 0.334 e. The number of allylic oxidation sites excluding steroid dienone is 3. The Balaban J connectivity index is 4.38. The molecule has 0 heterocycles. The third-order valence-electron chi connectivity index (χ3n) is 3.30. The van der Waals surface area contributed by atoms with Crippen molar-refractivity contribution in [2.75, 3.05) is 26.2 Å². The molecule has 128 valence electrons. The van der Waals surface area contributed by atoms with Crippen LogP contribution in [0.4, 0.5) is 0 Å². The molecule has 0 atom stereocenters. The normalized spacial score (nSPS) is 13.1. The van der Waals surface area contributed by atoms with Gasteiger partial charge in [0.2, 0.25) is 0 Å². The van der Waals surface area contributed by atoms with Gasteiger partial charge >= 0.3 is 5.97 Å². The minimum atomic E-state index is -0.173. The maximum atomic E-state index is 12.2. The number of nitrogens with zero attached hydrogens (tertiary/aromatic N) is 1. The van der Waals surface area contributed by atoms with Crippen LogP contribution in [-0.4, -0.2) is 37.1 Å². The van der Waals surface area contributed by atoms with E-state index in [2.05, 4.69) is 51.7 Å². The average Bonchev–Trinajstić information content (AvgIpc) is 2.44. The highest BCUT2D eigenvalue weighted by molar-refractivity contribution is 5.88. The largest absolute Gasteiger partial charge is 0.461 e. The predicted octanol–water partition coefficient (Wildman–Crippen LogP) is 4.59. The Hall–Kier alpha value is -1.09. The van der Waals surface area contributed by atoms with Crippen LogP contribution in [0.15, 0.2) is 23.8 Å². The molecule has 0 aromatic heterocycles. The predicted molar refractivity (Wildman–Crippen MR) is 95.0 cm³/mol. The Labute approximate surface area is 137 Å². The SMILES string of the molecule is CC/C=C(\C/C=C\C(C)(C)C)C(=O)OCCN(CC)CCC. The molecule has 0 aliphatic heterocycles. The van der Waals surface area contributed by atoms with Gasteiger partial charge in [0, 0.05) is 12.1 Å². The lowest BCUT2D eigenvalue weighted by Gasteiger charge is -2.19. The van der Waals surface area contributed by atoms with Crippen molar-refractivity contribution < 1.29 is 9.53 Å². The van der Waals surface area contributed by atoms with Crippen molar-refractivity contribution >= 4 is 5.97 Å². The fraction of sp³-hybridized carbons (Fsp3) is 0.737. The smallest absolute Gasteiger partial charge is 0.334 e. The van der Waals surface area contributed by atoms with Gasteiger partial charge in [-0.1, -0.05) is 59.8 Å². The molecule has 0 saturated carbocycles. The second kappa shape index (κ2) is 11.5. The van der Waals surface area contributed by atoms with Gasteiger partial charge in [-0.3, -0.25) is 0 Å². The summed E-state index contributed by atoms with van der Waals surface area (Å²) in [5.41, 5.74) is 0.907. The number of esters is 1. The van der Waals surface area contributed by atoms with Crippen LogP contribution in [0.25, 0.3) is 0 Å². The second-order valence-corrected chi connectivity index (χ2v) is 6.68. The highest BCUT2D eigenvalue weighted by Crippen LogP contribution is 2.16. The van der Waals surface area contributed by atoms with Crippen molar-refractivity contribution in [2.45, 2.75) is 60.8 Å². The second-order valence-electron chi connectivity index (χ2n) is 6.68. The van der Waals surface area contributed by atoms with Crippen LogP contribution in [0.3, 0.4) is 0 Å². The van der Waals surface area contributed by atoms with E-state index in [1.54, 1.807) is 0 Å². The number of carbonyl (C=O) groups is 1. The summed E-state index contributed by atoms with van der Waals surface area (Å²) in [6.45, 7) is 16.1. The summed E-state index contributed by atoms with van der Waals surface area (Å²) in [4.78, 5) is 14.5. The van der Waals surface area contributed by atoms with Gasteiger partial charge in [0.05, 0.1) is 0 Å². The topological polar surface area (TPSA) is 29.5 Å². The first kappa shape index (κ1) is 20.9. The molecule has 0 N–H and O–H groups in total. The Morgan fingerprint density at radius 3 is 2.32 bits per heavy atom. The standard InChI is InChI=1S/C19H35NO2/c1-7-11-17(12-10-13-19(4,5)6)18(21)22-16-15-20(9-3)14-8-2/h10-11,13H,7-9,12,14-16H2,1-6H3/b13-10-,17-11+. The molecule has 0 rings (SSSR count). The Morgan fingerprint density at radius 1 is 1.14 bits per heavy atom. The van der Waals surface area contributed by atoms with Crippen molar-refractivity contribution in [1.29, 1.82) is 0 Å². The molecule has 0 bridgehead atoms. The number of likely N-dealkylation sites (N-methyl/N-ethyl adjacent to an activating group) is 1. The van der Waals surface area contributed by atoms with E-state index in [0.29, 0.717) is 13.0 Å². The summed E-state index contributed by atoms with van der Waals surface area (Å²) in [6.07, 6.45) is 8.81. The van der Waals surface area contributed by atoms with Crippen LogP contribution in [0.1, 0.15) is 60.8 Å². The van der Waals surface area contributed by atoms with Gasteiger partial charge in [0.1, 0.15) is 6.61 Å². The van der Waals surface area contributed by atoms with Crippen LogP contribution in [0.2, 0.25) is 0 Å². The highest BCUT2D eigenvalue weighted by Gasteiger charge is 2.11. The quantitative estimate of drug-likeness (QED) is 0.336. The van der Waals surface area contributed by atoms with E-state index < -0.39 is 0 Å². The molecule has 0 aliphatic rings. The van der Waals surface area contributed by atoms with Gasteiger partial charge in [-0.2, -0.15) is 0 Å². The Kier molecular flexibility index (Phi) is 10.9. The number of rotatable bonds is 10. The van der Waals surface area contributed by atoms with E-state index in [4.69, 9.17) is 4.74 Å². The molecule has 0 aromatic carbocycles. The fourth-order valence-electron chi connectivity index (χ4n) is 2.14. The summed E-state index contributed by atoms with van der Waals surface area (Å²) >= 11 is 0. The van der Waals surface area contributed by atoms with E-state index in [1.807, 2.05) is 13.0 Å². The Bertz CT molecular complexity index is 364. The average molecular weight is 309 g/mol. The first-order valence-corrected chi connectivity index (χ1v) is 8.60. The van der Waals surface area contributed by atoms with Gasteiger partial charge in [-0.15, -0.1) is 0 Å². The zero-order valence-electron chi connectivity index (χ0n) is 15.4. The van der Waals surface area contributed by atoms with Gasteiger partial charge in [-0.05, 0) is 37.8 Å². The highest BCUT2D eigenvalue weighted by atomic mass is 16.5. The summed E-state index contributed by atoms with van der Waals surface area (Å²) in [6, 6.07) is 0. The molecule has 3 heteroatoms. The monoisotopic (exact) mass is 309 g/mol. The summed E-state index contributed by atoms with van der Waals surface area (Å²) in [5.74, 6) is -0.173. The molecular weight excluding hydrogens is 274 g/mol. The molecule has 0 aromatic rings. The minimum absolute atomic E-state index is 0.142. The molecule has 0 radical (unpaired) electrons. The zero-order chi connectivity index (χ0) is 17.0. The van der Waals surface area contributed by atoms with E-state index in [-0.39, 0.29) is 11.4 Å². The van der Waals surface area contributed by atoms with Gasteiger partial charge in [0.15, 0.2) is 0 Å². The Morgan fingerprint density at radius 2 is 1.82 bits per heavy atom. The zero-order valence-corrected chi connectivity index (χ0v) is 15.4. The van der Waals surface area contributed by atoms with Crippen molar-refractivity contribution in [3.8, 4) is 0 Å². The lowest BCUT2D eigenvalue weighted by molar-refractivity contribution is -0.139. The van der Waals surface area contributed by atoms with Crippen LogP contribution in [0, 0.1) is 5.41 Å². The molecule has 22 heavy (non-hydrogen) atoms. The van der Waals surface area contributed by atoms with Gasteiger partial charge < -0.3 is 9.64 Å². The van der Waals surface area contributed by atoms with Gasteiger partial charge in [0.25, 0.3) is 0 Å². The number of hydrogen-bond donors (Lipinski definition) is 0. The lowest BCUT2D eigenvalue weighted by Crippen LogP contribution is -2.29. The summed E-state index contributed by atoms with van der Waals surface area (Å²) in [7, 11) is 0. The van der Waals surface area contributed by atoms with Gasteiger partial charge in [-0.25, -0.2) is 4.79 Å². The van der Waals surface area contributed by atoms with E-state index in [1.165, 1.54) is 0 Å². The first-order valence-electron chi connectivity index (χ1n) is 8.60.